The van der Waals surface area contributed by atoms with E-state index >= 15 is 0 Å². The van der Waals surface area contributed by atoms with Gasteiger partial charge in [0.1, 0.15) is 0 Å². The minimum atomic E-state index is -4.54. The molecule has 126 valence electrons. The van der Waals surface area contributed by atoms with Gasteiger partial charge >= 0.3 is 12.1 Å². The molecule has 1 amide bonds. The van der Waals surface area contributed by atoms with Crippen LogP contribution in [0, 0.1) is 5.92 Å². The second-order valence-electron chi connectivity index (χ2n) is 5.49. The van der Waals surface area contributed by atoms with Crippen molar-refractivity contribution in [2.24, 2.45) is 5.92 Å². The largest absolute Gasteiger partial charge is 0.481 e. The van der Waals surface area contributed by atoms with Crippen LogP contribution in [0.4, 0.5) is 17.6 Å². The van der Waals surface area contributed by atoms with E-state index < -0.39 is 41.7 Å². The molecule has 0 aromatic heterocycles. The van der Waals surface area contributed by atoms with Crippen molar-refractivity contribution in [3.63, 3.8) is 0 Å². The summed E-state index contributed by atoms with van der Waals surface area (Å²) < 4.78 is 51.7. The highest BCUT2D eigenvalue weighted by molar-refractivity contribution is 5.84. The number of alkyl halides is 4. The zero-order valence-corrected chi connectivity index (χ0v) is 12.2. The summed E-state index contributed by atoms with van der Waals surface area (Å²) in [6.45, 7) is 1.63. The van der Waals surface area contributed by atoms with Gasteiger partial charge in [0.05, 0.1) is 11.5 Å². The predicted octanol–water partition coefficient (Wildman–Crippen LogP) is 3.04. The average molecular weight is 333 g/mol. The number of carbonyl (C=O) groups is 2. The fraction of sp³-hybridized carbons (Fsp3) is 0.467. The molecule has 23 heavy (non-hydrogen) atoms. The fourth-order valence-electron chi connectivity index (χ4n) is 2.71. The van der Waals surface area contributed by atoms with E-state index in [9.17, 15) is 27.2 Å². The maximum Gasteiger partial charge on any atom is 0.416 e. The van der Waals surface area contributed by atoms with Gasteiger partial charge in [0, 0.05) is 12.6 Å². The molecule has 0 bridgehead atoms. The highest BCUT2D eigenvalue weighted by Gasteiger charge is 2.40. The molecule has 0 aliphatic carbocycles. The molecule has 1 fully saturated rings. The number of likely N-dealkylation sites (tertiary alicyclic amines) is 1. The summed E-state index contributed by atoms with van der Waals surface area (Å²) >= 11 is 0. The molecule has 4 nitrogen and oxygen atoms in total. The predicted molar refractivity (Wildman–Crippen MR) is 72.2 cm³/mol. The van der Waals surface area contributed by atoms with Crippen molar-refractivity contribution < 1.29 is 32.3 Å². The third-order valence-corrected chi connectivity index (χ3v) is 4.10. The Hall–Kier alpha value is -2.12. The van der Waals surface area contributed by atoms with E-state index in [-0.39, 0.29) is 18.5 Å². The Morgan fingerprint density at radius 1 is 1.26 bits per heavy atom. The molecular formula is C15H15F4NO3. The number of hydrogen-bond acceptors (Lipinski definition) is 2. The van der Waals surface area contributed by atoms with Gasteiger partial charge in [0.2, 0.25) is 6.17 Å². The lowest BCUT2D eigenvalue weighted by Gasteiger charge is -2.25. The van der Waals surface area contributed by atoms with Crippen LogP contribution in [0.3, 0.4) is 0 Å². The number of amides is 1. The Morgan fingerprint density at radius 2 is 1.83 bits per heavy atom. The molecule has 2 rings (SSSR count). The van der Waals surface area contributed by atoms with Crippen molar-refractivity contribution in [1.29, 1.82) is 0 Å². The maximum atomic E-state index is 14.3. The first-order valence-electron chi connectivity index (χ1n) is 6.97. The number of benzene rings is 1. The van der Waals surface area contributed by atoms with E-state index in [4.69, 9.17) is 5.11 Å². The van der Waals surface area contributed by atoms with Crippen molar-refractivity contribution in [3.05, 3.63) is 35.4 Å². The van der Waals surface area contributed by atoms with Gasteiger partial charge in [-0.2, -0.15) is 13.2 Å². The number of carboxylic acids is 1. The summed E-state index contributed by atoms with van der Waals surface area (Å²) in [5.74, 6) is -2.75. The SMILES string of the molecule is CC1C(C(=O)O)CCN1C(=O)C(F)c1ccc(C(F)(F)F)cc1. The van der Waals surface area contributed by atoms with Crippen molar-refractivity contribution in [3.8, 4) is 0 Å². The van der Waals surface area contributed by atoms with E-state index in [2.05, 4.69) is 0 Å². The quantitative estimate of drug-likeness (QED) is 0.865. The summed E-state index contributed by atoms with van der Waals surface area (Å²) in [5, 5.41) is 9.01. The van der Waals surface area contributed by atoms with Gasteiger partial charge in [-0.15, -0.1) is 0 Å². The molecule has 0 spiro atoms. The van der Waals surface area contributed by atoms with Crippen LogP contribution in [-0.2, 0) is 15.8 Å². The summed E-state index contributed by atoms with van der Waals surface area (Å²) in [6, 6.07) is 2.60. The maximum absolute atomic E-state index is 14.3. The lowest BCUT2D eigenvalue weighted by atomic mass is 10.0. The lowest BCUT2D eigenvalue weighted by Crippen LogP contribution is -2.39. The molecule has 1 aliphatic rings. The number of rotatable bonds is 3. The smallest absolute Gasteiger partial charge is 0.416 e. The molecule has 1 aliphatic heterocycles. The number of halogens is 4. The number of carbonyl (C=O) groups excluding carboxylic acids is 1. The van der Waals surface area contributed by atoms with Crippen LogP contribution in [0.15, 0.2) is 24.3 Å². The number of nitrogens with zero attached hydrogens (tertiary/aromatic N) is 1. The van der Waals surface area contributed by atoms with E-state index in [1.165, 1.54) is 6.92 Å². The zero-order valence-electron chi connectivity index (χ0n) is 12.2. The standard InChI is InChI=1S/C15H15F4NO3/c1-8-11(14(22)23)6-7-20(8)13(21)12(16)9-2-4-10(5-3-9)15(17,18)19/h2-5,8,11-12H,6-7H2,1H3,(H,22,23). The minimum absolute atomic E-state index is 0.109. The highest BCUT2D eigenvalue weighted by atomic mass is 19.4. The van der Waals surface area contributed by atoms with Crippen LogP contribution < -0.4 is 0 Å². The number of aliphatic carboxylic acids is 1. The number of carboxylic acid groups (broad SMARTS) is 1. The first kappa shape index (κ1) is 17.2. The summed E-state index contributed by atoms with van der Waals surface area (Å²) in [7, 11) is 0. The zero-order chi connectivity index (χ0) is 17.4. The normalized spacial score (nSPS) is 22.9. The van der Waals surface area contributed by atoms with Crippen LogP contribution in [0.2, 0.25) is 0 Å². The van der Waals surface area contributed by atoms with Crippen molar-refractivity contribution in [2.45, 2.75) is 31.7 Å². The Bertz CT molecular complexity index is 600. The minimum Gasteiger partial charge on any atom is -0.481 e. The van der Waals surface area contributed by atoms with Crippen LogP contribution in [-0.4, -0.2) is 34.5 Å². The van der Waals surface area contributed by atoms with Gasteiger partial charge < -0.3 is 10.0 Å². The third kappa shape index (κ3) is 3.46. The van der Waals surface area contributed by atoms with Crippen molar-refractivity contribution in [1.82, 2.24) is 4.90 Å². The molecule has 0 radical (unpaired) electrons. The molecule has 1 N–H and O–H groups in total. The summed E-state index contributed by atoms with van der Waals surface area (Å²) in [5.41, 5.74) is -1.12. The lowest BCUT2D eigenvalue weighted by molar-refractivity contribution is -0.144. The molecule has 1 saturated heterocycles. The molecule has 1 aromatic rings. The molecule has 0 saturated carbocycles. The molecule has 1 heterocycles. The van der Waals surface area contributed by atoms with Crippen molar-refractivity contribution >= 4 is 11.9 Å². The van der Waals surface area contributed by atoms with E-state index in [1.54, 1.807) is 0 Å². The molecular weight excluding hydrogens is 318 g/mol. The summed E-state index contributed by atoms with van der Waals surface area (Å²) in [6.07, 6.45) is -6.43. The number of hydrogen-bond donors (Lipinski definition) is 1. The van der Waals surface area contributed by atoms with Crippen LogP contribution >= 0.6 is 0 Å². The van der Waals surface area contributed by atoms with Crippen LogP contribution in [0.1, 0.15) is 30.6 Å². The second kappa shape index (κ2) is 6.17. The Morgan fingerprint density at radius 3 is 2.26 bits per heavy atom. The van der Waals surface area contributed by atoms with Crippen LogP contribution in [0.5, 0.6) is 0 Å². The Balaban J connectivity index is 2.13. The fourth-order valence-corrected chi connectivity index (χ4v) is 2.71. The topological polar surface area (TPSA) is 57.6 Å². The van der Waals surface area contributed by atoms with E-state index in [0.717, 1.165) is 17.0 Å². The first-order chi connectivity index (χ1) is 10.6. The Kier molecular flexibility index (Phi) is 4.63. The summed E-state index contributed by atoms with van der Waals surface area (Å²) in [4.78, 5) is 24.3. The van der Waals surface area contributed by atoms with E-state index in [0.29, 0.717) is 12.1 Å². The molecule has 3 atom stereocenters. The van der Waals surface area contributed by atoms with Gasteiger partial charge in [0.25, 0.3) is 5.91 Å². The molecule has 3 unspecified atom stereocenters. The second-order valence-corrected chi connectivity index (χ2v) is 5.49. The van der Waals surface area contributed by atoms with Gasteiger partial charge in [0.15, 0.2) is 0 Å². The van der Waals surface area contributed by atoms with Crippen molar-refractivity contribution in [2.75, 3.05) is 6.54 Å². The van der Waals surface area contributed by atoms with Crippen LogP contribution in [0.25, 0.3) is 0 Å². The molecule has 1 aromatic carbocycles. The highest BCUT2D eigenvalue weighted by Crippen LogP contribution is 2.32. The van der Waals surface area contributed by atoms with Gasteiger partial charge in [-0.1, -0.05) is 12.1 Å². The monoisotopic (exact) mass is 333 g/mol. The van der Waals surface area contributed by atoms with Gasteiger partial charge in [-0.3, -0.25) is 9.59 Å². The Labute approximate surface area is 129 Å². The third-order valence-electron chi connectivity index (χ3n) is 4.10. The first-order valence-corrected chi connectivity index (χ1v) is 6.97. The average Bonchev–Trinajstić information content (AvgIpc) is 2.87. The van der Waals surface area contributed by atoms with Gasteiger partial charge in [-0.25, -0.2) is 4.39 Å². The van der Waals surface area contributed by atoms with Gasteiger partial charge in [-0.05, 0) is 31.0 Å². The molecule has 8 heteroatoms. The van der Waals surface area contributed by atoms with E-state index in [1.807, 2.05) is 0 Å².